The minimum Gasteiger partial charge on any atom is -0.461 e. The second-order valence-corrected chi connectivity index (χ2v) is 5.31. The van der Waals surface area contributed by atoms with Gasteiger partial charge in [-0.15, -0.1) is 0 Å². The summed E-state index contributed by atoms with van der Waals surface area (Å²) < 4.78 is 49.9. The lowest BCUT2D eigenvalue weighted by atomic mass is 10.1. The molecule has 25 heavy (non-hydrogen) atoms. The first-order valence-electron chi connectivity index (χ1n) is 7.70. The highest BCUT2D eigenvalue weighted by molar-refractivity contribution is 5.90. The smallest absolute Gasteiger partial charge is 0.416 e. The molecule has 0 aliphatic rings. The third-order valence-corrected chi connectivity index (χ3v) is 3.60. The van der Waals surface area contributed by atoms with E-state index >= 15 is 0 Å². The number of carbonyl (C=O) groups is 1. The van der Waals surface area contributed by atoms with Crippen molar-refractivity contribution < 1.29 is 27.4 Å². The van der Waals surface area contributed by atoms with E-state index in [9.17, 15) is 18.0 Å². The molecule has 0 amide bonds. The molecule has 0 radical (unpaired) electrons. The van der Waals surface area contributed by atoms with Crippen molar-refractivity contribution in [3.05, 3.63) is 41.2 Å². The summed E-state index contributed by atoms with van der Waals surface area (Å²) in [5.41, 5.74) is 0.453. The second kappa shape index (κ2) is 7.69. The van der Waals surface area contributed by atoms with Crippen LogP contribution in [0.4, 0.5) is 13.2 Å². The van der Waals surface area contributed by atoms with E-state index in [0.29, 0.717) is 30.2 Å². The largest absolute Gasteiger partial charge is 0.461 e. The molecule has 1 aromatic carbocycles. The fourth-order valence-corrected chi connectivity index (χ4v) is 2.46. The van der Waals surface area contributed by atoms with Crippen LogP contribution in [0.2, 0.25) is 0 Å². The molecule has 8 heteroatoms. The molecular weight excluding hydrogens is 337 g/mol. The Balaban J connectivity index is 2.49. The number of hydrogen-bond acceptors (Lipinski definition) is 4. The van der Waals surface area contributed by atoms with Crippen LogP contribution in [0.25, 0.3) is 11.4 Å². The maximum absolute atomic E-state index is 12.7. The number of methoxy groups -OCH3 is 1. The monoisotopic (exact) mass is 356 g/mol. The molecule has 0 aliphatic heterocycles. The number of nitrogens with zero attached hydrogens (tertiary/aromatic N) is 2. The van der Waals surface area contributed by atoms with Crippen LogP contribution in [0, 0.1) is 6.92 Å². The molecule has 0 saturated carbocycles. The highest BCUT2D eigenvalue weighted by Gasteiger charge is 2.30. The number of halogens is 3. The minimum absolute atomic E-state index is 0.212. The highest BCUT2D eigenvalue weighted by Crippen LogP contribution is 2.31. The standard InChI is InChI=1S/C17H19F3N2O3/c1-4-25-16(23)14-11(2)21-15(22(14)9-10-24-3)12-5-7-13(8-6-12)17(18,19)20/h5-8H,4,9-10H2,1-3H3. The van der Waals surface area contributed by atoms with Gasteiger partial charge in [-0.25, -0.2) is 9.78 Å². The Morgan fingerprint density at radius 1 is 1.24 bits per heavy atom. The molecule has 2 aromatic rings. The molecule has 1 heterocycles. The maximum Gasteiger partial charge on any atom is 0.416 e. The zero-order chi connectivity index (χ0) is 18.6. The van der Waals surface area contributed by atoms with Crippen molar-refractivity contribution in [1.82, 2.24) is 9.55 Å². The average molecular weight is 356 g/mol. The van der Waals surface area contributed by atoms with Gasteiger partial charge in [-0.1, -0.05) is 12.1 Å². The van der Waals surface area contributed by atoms with Gasteiger partial charge in [-0.2, -0.15) is 13.2 Å². The van der Waals surface area contributed by atoms with Crippen LogP contribution in [0.15, 0.2) is 24.3 Å². The van der Waals surface area contributed by atoms with Crippen molar-refractivity contribution in [2.75, 3.05) is 20.3 Å². The molecule has 0 bridgehead atoms. The Hall–Kier alpha value is -2.35. The summed E-state index contributed by atoms with van der Waals surface area (Å²) in [6.45, 7) is 4.20. The average Bonchev–Trinajstić information content (AvgIpc) is 2.89. The van der Waals surface area contributed by atoms with Crippen LogP contribution in [0.5, 0.6) is 0 Å². The fraction of sp³-hybridized carbons (Fsp3) is 0.412. The predicted octanol–water partition coefficient (Wildman–Crippen LogP) is 3.70. The molecule has 0 fully saturated rings. The Bertz CT molecular complexity index is 737. The van der Waals surface area contributed by atoms with Gasteiger partial charge in [0.05, 0.1) is 24.5 Å². The Morgan fingerprint density at radius 3 is 2.40 bits per heavy atom. The summed E-state index contributed by atoms with van der Waals surface area (Å²) in [6.07, 6.45) is -4.41. The lowest BCUT2D eigenvalue weighted by Gasteiger charge is -2.12. The molecule has 0 spiro atoms. The van der Waals surface area contributed by atoms with E-state index in [1.165, 1.54) is 19.2 Å². The number of carbonyl (C=O) groups excluding carboxylic acids is 1. The number of aryl methyl sites for hydroxylation is 1. The number of ether oxygens (including phenoxy) is 2. The van der Waals surface area contributed by atoms with Gasteiger partial charge in [0.1, 0.15) is 5.82 Å². The van der Waals surface area contributed by atoms with E-state index in [2.05, 4.69) is 4.98 Å². The van der Waals surface area contributed by atoms with Crippen molar-refractivity contribution in [2.45, 2.75) is 26.6 Å². The summed E-state index contributed by atoms with van der Waals surface area (Å²) >= 11 is 0. The topological polar surface area (TPSA) is 53.3 Å². The molecular formula is C17H19F3N2O3. The van der Waals surface area contributed by atoms with Gasteiger partial charge in [-0.3, -0.25) is 0 Å². The number of hydrogen-bond donors (Lipinski definition) is 0. The number of esters is 1. The van der Waals surface area contributed by atoms with E-state index in [-0.39, 0.29) is 12.3 Å². The first-order chi connectivity index (χ1) is 11.8. The van der Waals surface area contributed by atoms with Gasteiger partial charge in [0, 0.05) is 19.2 Å². The number of imidazole rings is 1. The van der Waals surface area contributed by atoms with Gasteiger partial charge in [0.15, 0.2) is 5.69 Å². The van der Waals surface area contributed by atoms with Crippen LogP contribution in [0.3, 0.4) is 0 Å². The summed E-state index contributed by atoms with van der Waals surface area (Å²) in [5, 5.41) is 0. The second-order valence-electron chi connectivity index (χ2n) is 5.31. The van der Waals surface area contributed by atoms with Crippen molar-refractivity contribution in [3.8, 4) is 11.4 Å². The van der Waals surface area contributed by atoms with Crippen LogP contribution < -0.4 is 0 Å². The van der Waals surface area contributed by atoms with E-state index in [0.717, 1.165) is 12.1 Å². The van der Waals surface area contributed by atoms with Gasteiger partial charge in [0.2, 0.25) is 0 Å². The number of aromatic nitrogens is 2. The lowest BCUT2D eigenvalue weighted by Crippen LogP contribution is -2.16. The SMILES string of the molecule is CCOC(=O)c1c(C)nc(-c2ccc(C(F)(F)F)cc2)n1CCOC. The summed E-state index contributed by atoms with van der Waals surface area (Å²) in [4.78, 5) is 16.6. The minimum atomic E-state index is -4.41. The van der Waals surface area contributed by atoms with Gasteiger partial charge in [0.25, 0.3) is 0 Å². The van der Waals surface area contributed by atoms with Crippen molar-refractivity contribution in [3.63, 3.8) is 0 Å². The van der Waals surface area contributed by atoms with E-state index in [1.54, 1.807) is 18.4 Å². The number of rotatable bonds is 6. The molecule has 5 nitrogen and oxygen atoms in total. The molecule has 0 aliphatic carbocycles. The lowest BCUT2D eigenvalue weighted by molar-refractivity contribution is -0.137. The van der Waals surface area contributed by atoms with Gasteiger partial charge in [-0.05, 0) is 26.0 Å². The van der Waals surface area contributed by atoms with E-state index in [4.69, 9.17) is 9.47 Å². The van der Waals surface area contributed by atoms with Crippen LogP contribution in [-0.4, -0.2) is 35.8 Å². The molecule has 2 rings (SSSR count). The maximum atomic E-state index is 12.7. The van der Waals surface area contributed by atoms with Gasteiger partial charge < -0.3 is 14.0 Å². The van der Waals surface area contributed by atoms with Crippen LogP contribution >= 0.6 is 0 Å². The normalized spacial score (nSPS) is 11.6. The molecule has 0 saturated heterocycles. The molecule has 136 valence electrons. The Morgan fingerprint density at radius 2 is 1.88 bits per heavy atom. The van der Waals surface area contributed by atoms with E-state index in [1.807, 2.05) is 0 Å². The molecule has 1 aromatic heterocycles. The molecule has 0 unspecified atom stereocenters. The quantitative estimate of drug-likeness (QED) is 0.741. The zero-order valence-corrected chi connectivity index (χ0v) is 14.2. The summed E-state index contributed by atoms with van der Waals surface area (Å²) in [7, 11) is 1.52. The fourth-order valence-electron chi connectivity index (χ4n) is 2.46. The first kappa shape index (κ1) is 19.0. The number of alkyl halides is 3. The Kier molecular flexibility index (Phi) is 5.84. The summed E-state index contributed by atoms with van der Waals surface area (Å²) in [5.74, 6) is -0.131. The van der Waals surface area contributed by atoms with Crippen molar-refractivity contribution in [2.24, 2.45) is 0 Å². The van der Waals surface area contributed by atoms with Crippen LogP contribution in [-0.2, 0) is 22.2 Å². The third-order valence-electron chi connectivity index (χ3n) is 3.60. The first-order valence-corrected chi connectivity index (χ1v) is 7.70. The van der Waals surface area contributed by atoms with Crippen LogP contribution in [0.1, 0.15) is 28.7 Å². The van der Waals surface area contributed by atoms with Crippen molar-refractivity contribution >= 4 is 5.97 Å². The predicted molar refractivity (Wildman–Crippen MR) is 85.2 cm³/mol. The van der Waals surface area contributed by atoms with Gasteiger partial charge >= 0.3 is 12.1 Å². The number of benzene rings is 1. The van der Waals surface area contributed by atoms with Crippen molar-refractivity contribution in [1.29, 1.82) is 0 Å². The molecule has 0 N–H and O–H groups in total. The summed E-state index contributed by atoms with van der Waals surface area (Å²) in [6, 6.07) is 4.65. The third kappa shape index (κ3) is 4.19. The Labute approximate surface area is 143 Å². The molecule has 0 atom stereocenters. The van der Waals surface area contributed by atoms with E-state index < -0.39 is 17.7 Å². The highest BCUT2D eigenvalue weighted by atomic mass is 19.4. The zero-order valence-electron chi connectivity index (χ0n) is 14.2.